The number of piperidine rings is 1. The third-order valence-electron chi connectivity index (χ3n) is 4.45. The first kappa shape index (κ1) is 15.1. The first-order valence-electron chi connectivity index (χ1n) is 7.95. The Kier molecular flexibility index (Phi) is 4.48. The molecule has 3 rings (SSSR count). The number of nitrogens with zero attached hydrogens (tertiary/aromatic N) is 3. The normalized spacial score (nSPS) is 17.1. The van der Waals surface area contributed by atoms with E-state index in [1.807, 2.05) is 12.3 Å². The molecule has 1 aromatic carbocycles. The van der Waals surface area contributed by atoms with Crippen molar-refractivity contribution in [1.82, 2.24) is 14.9 Å². The van der Waals surface area contributed by atoms with Gasteiger partial charge in [-0.15, -0.1) is 0 Å². The fourth-order valence-corrected chi connectivity index (χ4v) is 3.08. The van der Waals surface area contributed by atoms with Crippen LogP contribution in [0.1, 0.15) is 38.3 Å². The van der Waals surface area contributed by atoms with Crippen LogP contribution >= 0.6 is 0 Å². The molecule has 1 aromatic heterocycles. The molecule has 1 aliphatic rings. The predicted molar refractivity (Wildman–Crippen MR) is 86.1 cm³/mol. The zero-order valence-corrected chi connectivity index (χ0v) is 13.2. The maximum Gasteiger partial charge on any atom is 0.123 e. The van der Waals surface area contributed by atoms with Crippen molar-refractivity contribution >= 4 is 0 Å². The molecule has 0 spiro atoms. The Morgan fingerprint density at radius 3 is 2.64 bits per heavy atom. The second-order valence-corrected chi connectivity index (χ2v) is 6.24. The molecule has 1 aliphatic heterocycles. The van der Waals surface area contributed by atoms with Crippen LogP contribution in [0.25, 0.3) is 11.3 Å². The maximum atomic E-state index is 13.4. The van der Waals surface area contributed by atoms with Gasteiger partial charge in [-0.05, 0) is 51.9 Å². The lowest BCUT2D eigenvalue weighted by Gasteiger charge is -2.34. The number of hydrogen-bond acceptors (Lipinski definition) is 3. The van der Waals surface area contributed by atoms with Gasteiger partial charge in [-0.25, -0.2) is 9.37 Å². The Hall–Kier alpha value is -1.81. The fraction of sp³-hybridized carbons (Fsp3) is 0.444. The molecule has 0 amide bonds. The van der Waals surface area contributed by atoms with E-state index in [1.165, 1.54) is 12.1 Å². The zero-order valence-electron chi connectivity index (χ0n) is 13.2. The monoisotopic (exact) mass is 299 g/mol. The van der Waals surface area contributed by atoms with E-state index in [0.29, 0.717) is 12.0 Å². The van der Waals surface area contributed by atoms with Crippen LogP contribution < -0.4 is 0 Å². The smallest absolute Gasteiger partial charge is 0.123 e. The van der Waals surface area contributed by atoms with Crippen molar-refractivity contribution in [3.05, 3.63) is 48.2 Å². The van der Waals surface area contributed by atoms with Crippen LogP contribution in [0.2, 0.25) is 0 Å². The minimum Gasteiger partial charge on any atom is -0.301 e. The summed E-state index contributed by atoms with van der Waals surface area (Å²) < 4.78 is 13.4. The molecule has 116 valence electrons. The van der Waals surface area contributed by atoms with Crippen molar-refractivity contribution in [3.8, 4) is 11.3 Å². The molecule has 3 nitrogen and oxygen atoms in total. The summed E-state index contributed by atoms with van der Waals surface area (Å²) in [6, 6.07) is 7.14. The summed E-state index contributed by atoms with van der Waals surface area (Å²) >= 11 is 0. The van der Waals surface area contributed by atoms with Gasteiger partial charge in [0.2, 0.25) is 0 Å². The molecular formula is C18H22FN3. The number of halogens is 1. The summed E-state index contributed by atoms with van der Waals surface area (Å²) in [5.74, 6) is 0.214. The van der Waals surface area contributed by atoms with Gasteiger partial charge in [0.15, 0.2) is 0 Å². The van der Waals surface area contributed by atoms with Crippen LogP contribution in [0.5, 0.6) is 0 Å². The highest BCUT2D eigenvalue weighted by molar-refractivity contribution is 5.58. The van der Waals surface area contributed by atoms with Gasteiger partial charge in [0, 0.05) is 23.7 Å². The highest BCUT2D eigenvalue weighted by atomic mass is 19.1. The van der Waals surface area contributed by atoms with Crippen molar-refractivity contribution in [3.63, 3.8) is 0 Å². The van der Waals surface area contributed by atoms with Crippen LogP contribution in [0, 0.1) is 5.82 Å². The standard InChI is InChI=1S/C18H22FN3/c1-13(2)22-8-6-14(7-9-22)17-11-20-12-18(21-17)15-4-3-5-16(19)10-15/h3-5,10-14H,6-9H2,1-2H3. The molecule has 1 fully saturated rings. The summed E-state index contributed by atoms with van der Waals surface area (Å²) in [6.45, 7) is 6.69. The van der Waals surface area contributed by atoms with Gasteiger partial charge in [-0.2, -0.15) is 0 Å². The minimum absolute atomic E-state index is 0.241. The highest BCUT2D eigenvalue weighted by Gasteiger charge is 2.23. The molecule has 0 saturated carbocycles. The molecule has 4 heteroatoms. The lowest BCUT2D eigenvalue weighted by Crippen LogP contribution is -2.38. The number of likely N-dealkylation sites (tertiary alicyclic amines) is 1. The van der Waals surface area contributed by atoms with E-state index in [-0.39, 0.29) is 5.82 Å². The average Bonchev–Trinajstić information content (AvgIpc) is 2.55. The number of aromatic nitrogens is 2. The van der Waals surface area contributed by atoms with Gasteiger partial charge >= 0.3 is 0 Å². The second-order valence-electron chi connectivity index (χ2n) is 6.24. The summed E-state index contributed by atoms with van der Waals surface area (Å²) in [4.78, 5) is 11.6. The van der Waals surface area contributed by atoms with Crippen LogP contribution in [-0.4, -0.2) is 34.0 Å². The third kappa shape index (κ3) is 3.33. The van der Waals surface area contributed by atoms with E-state index in [1.54, 1.807) is 12.3 Å². The quantitative estimate of drug-likeness (QED) is 0.861. The molecule has 2 aromatic rings. The van der Waals surface area contributed by atoms with E-state index in [2.05, 4.69) is 23.7 Å². The largest absolute Gasteiger partial charge is 0.301 e. The van der Waals surface area contributed by atoms with E-state index in [9.17, 15) is 4.39 Å². The lowest BCUT2D eigenvalue weighted by molar-refractivity contribution is 0.170. The Labute approximate surface area is 131 Å². The van der Waals surface area contributed by atoms with Gasteiger partial charge < -0.3 is 4.90 Å². The van der Waals surface area contributed by atoms with Crippen LogP contribution in [0.15, 0.2) is 36.7 Å². The van der Waals surface area contributed by atoms with Gasteiger partial charge in [0.1, 0.15) is 5.82 Å². The molecule has 1 saturated heterocycles. The van der Waals surface area contributed by atoms with Crippen molar-refractivity contribution in [2.45, 2.75) is 38.6 Å². The summed E-state index contributed by atoms with van der Waals surface area (Å²) in [7, 11) is 0. The molecule has 0 unspecified atom stereocenters. The number of rotatable bonds is 3. The molecule has 0 bridgehead atoms. The van der Waals surface area contributed by atoms with Crippen LogP contribution in [0.4, 0.5) is 4.39 Å². The Morgan fingerprint density at radius 1 is 1.18 bits per heavy atom. The molecule has 2 heterocycles. The summed E-state index contributed by atoms with van der Waals surface area (Å²) in [6.07, 6.45) is 5.79. The number of benzene rings is 1. The molecule has 0 radical (unpaired) electrons. The molecule has 0 aliphatic carbocycles. The Morgan fingerprint density at radius 2 is 1.95 bits per heavy atom. The summed E-state index contributed by atoms with van der Waals surface area (Å²) in [5, 5.41) is 0. The van der Waals surface area contributed by atoms with Gasteiger partial charge in [-0.3, -0.25) is 4.98 Å². The van der Waals surface area contributed by atoms with Crippen LogP contribution in [0.3, 0.4) is 0 Å². The number of hydrogen-bond donors (Lipinski definition) is 0. The Bertz CT molecular complexity index is 634. The SMILES string of the molecule is CC(C)N1CCC(c2cncc(-c3cccc(F)c3)n2)CC1. The van der Waals surface area contributed by atoms with Crippen molar-refractivity contribution in [1.29, 1.82) is 0 Å². The molecular weight excluding hydrogens is 277 g/mol. The van der Waals surface area contributed by atoms with E-state index in [0.717, 1.165) is 42.9 Å². The third-order valence-corrected chi connectivity index (χ3v) is 4.45. The van der Waals surface area contributed by atoms with E-state index < -0.39 is 0 Å². The first-order chi connectivity index (χ1) is 10.6. The average molecular weight is 299 g/mol. The molecule has 0 atom stereocenters. The van der Waals surface area contributed by atoms with Crippen molar-refractivity contribution in [2.24, 2.45) is 0 Å². The topological polar surface area (TPSA) is 29.0 Å². The van der Waals surface area contributed by atoms with Gasteiger partial charge in [0.05, 0.1) is 17.6 Å². The first-order valence-corrected chi connectivity index (χ1v) is 7.95. The Balaban J connectivity index is 1.78. The van der Waals surface area contributed by atoms with Crippen LogP contribution in [-0.2, 0) is 0 Å². The van der Waals surface area contributed by atoms with Crippen molar-refractivity contribution in [2.75, 3.05) is 13.1 Å². The minimum atomic E-state index is -0.241. The predicted octanol–water partition coefficient (Wildman–Crippen LogP) is 3.87. The molecule has 22 heavy (non-hydrogen) atoms. The summed E-state index contributed by atoms with van der Waals surface area (Å²) in [5.41, 5.74) is 2.57. The van der Waals surface area contributed by atoms with E-state index in [4.69, 9.17) is 4.98 Å². The zero-order chi connectivity index (χ0) is 15.5. The lowest BCUT2D eigenvalue weighted by atomic mass is 9.93. The highest BCUT2D eigenvalue weighted by Crippen LogP contribution is 2.28. The second kappa shape index (κ2) is 6.53. The van der Waals surface area contributed by atoms with E-state index >= 15 is 0 Å². The van der Waals surface area contributed by atoms with Gasteiger partial charge in [-0.1, -0.05) is 12.1 Å². The molecule has 0 N–H and O–H groups in total. The fourth-order valence-electron chi connectivity index (χ4n) is 3.08. The van der Waals surface area contributed by atoms with Gasteiger partial charge in [0.25, 0.3) is 0 Å². The maximum absolute atomic E-state index is 13.4. The van der Waals surface area contributed by atoms with Crippen molar-refractivity contribution < 1.29 is 4.39 Å².